The van der Waals surface area contributed by atoms with Crippen LogP contribution in [0.3, 0.4) is 0 Å². The van der Waals surface area contributed by atoms with Crippen LogP contribution in [0.2, 0.25) is 0 Å². The summed E-state index contributed by atoms with van der Waals surface area (Å²) in [6.45, 7) is 4.05. The van der Waals surface area contributed by atoms with Crippen molar-refractivity contribution in [1.29, 1.82) is 0 Å². The number of oxazole rings is 1. The summed E-state index contributed by atoms with van der Waals surface area (Å²) in [7, 11) is -3.79. The van der Waals surface area contributed by atoms with E-state index in [1.807, 2.05) is 26.0 Å². The van der Waals surface area contributed by atoms with Gasteiger partial charge < -0.3 is 4.42 Å². The van der Waals surface area contributed by atoms with E-state index >= 15 is 0 Å². The molecule has 2 aromatic heterocycles. The molecule has 2 aromatic carbocycles. The maximum Gasteiger partial charge on any atom is 0.266 e. The molecule has 0 radical (unpaired) electrons. The van der Waals surface area contributed by atoms with Gasteiger partial charge in [0, 0.05) is 17.1 Å². The van der Waals surface area contributed by atoms with E-state index in [9.17, 15) is 8.42 Å². The number of rotatable bonds is 6. The molecule has 0 bridgehead atoms. The summed E-state index contributed by atoms with van der Waals surface area (Å²) in [5.41, 5.74) is 3.59. The largest absolute Gasteiger partial charge is 0.444 e. The highest BCUT2D eigenvalue weighted by Crippen LogP contribution is 2.29. The lowest BCUT2D eigenvalue weighted by atomic mass is 10.1. The predicted octanol–water partition coefficient (Wildman–Crippen LogP) is 4.81. The van der Waals surface area contributed by atoms with Crippen LogP contribution >= 0.6 is 11.3 Å². The number of aryl methyl sites for hydroxylation is 2. The molecule has 4 rings (SSSR count). The summed E-state index contributed by atoms with van der Waals surface area (Å²) in [5.74, 6) is 0.466. The van der Waals surface area contributed by atoms with E-state index in [1.54, 1.807) is 41.9 Å². The van der Waals surface area contributed by atoms with Crippen molar-refractivity contribution >= 4 is 26.5 Å². The molecule has 0 aliphatic heterocycles. The second kappa shape index (κ2) is 7.81. The summed E-state index contributed by atoms with van der Waals surface area (Å²) in [5, 5.41) is 2.12. The quantitative estimate of drug-likeness (QED) is 0.443. The second-order valence-corrected chi connectivity index (χ2v) is 9.34. The van der Waals surface area contributed by atoms with E-state index < -0.39 is 10.0 Å². The highest BCUT2D eigenvalue weighted by molar-refractivity contribution is 7.93. The summed E-state index contributed by atoms with van der Waals surface area (Å²) >= 11 is 1.26. The van der Waals surface area contributed by atoms with Crippen LogP contribution in [0.5, 0.6) is 0 Å². The van der Waals surface area contributed by atoms with Gasteiger partial charge >= 0.3 is 0 Å². The van der Waals surface area contributed by atoms with Gasteiger partial charge in [-0.25, -0.2) is 22.7 Å². The number of thiazole rings is 1. The van der Waals surface area contributed by atoms with Gasteiger partial charge in [-0.15, -0.1) is 11.3 Å². The fourth-order valence-electron chi connectivity index (χ4n) is 3.02. The SMILES string of the molecule is Cc1ccc(-c2nc(CN(c3nccs3)S(=O)(=O)c3ccccc3)co2)c(C)c1. The average molecular weight is 426 g/mol. The van der Waals surface area contributed by atoms with Crippen LogP contribution in [0.4, 0.5) is 5.13 Å². The Hall–Kier alpha value is -2.97. The van der Waals surface area contributed by atoms with E-state index in [1.165, 1.54) is 21.9 Å². The molecule has 0 N–H and O–H groups in total. The van der Waals surface area contributed by atoms with Crippen LogP contribution in [-0.2, 0) is 16.6 Å². The fourth-order valence-corrected chi connectivity index (χ4v) is 5.30. The molecule has 2 heterocycles. The van der Waals surface area contributed by atoms with Crippen LogP contribution < -0.4 is 4.31 Å². The Morgan fingerprint density at radius 1 is 1.10 bits per heavy atom. The summed E-state index contributed by atoms with van der Waals surface area (Å²) in [4.78, 5) is 8.93. The predicted molar refractivity (Wildman–Crippen MR) is 113 cm³/mol. The van der Waals surface area contributed by atoms with Gasteiger partial charge in [0.2, 0.25) is 5.89 Å². The van der Waals surface area contributed by atoms with Crippen molar-refractivity contribution in [2.24, 2.45) is 0 Å². The maximum absolute atomic E-state index is 13.2. The molecule has 0 atom stereocenters. The van der Waals surface area contributed by atoms with Gasteiger partial charge in [-0.3, -0.25) is 0 Å². The monoisotopic (exact) mass is 425 g/mol. The molecule has 0 fully saturated rings. The molecule has 0 aliphatic carbocycles. The van der Waals surface area contributed by atoms with E-state index in [0.29, 0.717) is 16.7 Å². The zero-order chi connectivity index (χ0) is 20.4. The van der Waals surface area contributed by atoms with Gasteiger partial charge in [-0.2, -0.15) is 0 Å². The molecule has 0 unspecified atom stereocenters. The second-order valence-electron chi connectivity index (χ2n) is 6.60. The smallest absolute Gasteiger partial charge is 0.266 e. The number of aromatic nitrogens is 2. The molecule has 0 amide bonds. The highest BCUT2D eigenvalue weighted by atomic mass is 32.2. The van der Waals surface area contributed by atoms with Crippen molar-refractivity contribution in [2.75, 3.05) is 4.31 Å². The minimum Gasteiger partial charge on any atom is -0.444 e. The molecule has 0 saturated carbocycles. The first-order chi connectivity index (χ1) is 13.9. The van der Waals surface area contributed by atoms with Crippen molar-refractivity contribution in [3.05, 3.63) is 83.2 Å². The van der Waals surface area contributed by atoms with Gasteiger partial charge in [-0.1, -0.05) is 35.9 Å². The molecule has 0 saturated heterocycles. The van der Waals surface area contributed by atoms with Crippen LogP contribution in [0, 0.1) is 13.8 Å². The Kier molecular flexibility index (Phi) is 5.21. The molecule has 148 valence electrons. The van der Waals surface area contributed by atoms with Crippen LogP contribution in [-0.4, -0.2) is 18.4 Å². The van der Waals surface area contributed by atoms with Crippen molar-refractivity contribution in [3.63, 3.8) is 0 Å². The lowest BCUT2D eigenvalue weighted by molar-refractivity contribution is 0.571. The van der Waals surface area contributed by atoms with Gasteiger partial charge in [0.05, 0.1) is 11.4 Å². The molecule has 8 heteroatoms. The molecule has 4 aromatic rings. The standard InChI is InChI=1S/C21H19N3O3S2/c1-15-8-9-19(16(2)12-15)20-23-17(14-27-20)13-24(21-22-10-11-28-21)29(25,26)18-6-4-3-5-7-18/h3-12,14H,13H2,1-2H3. The summed E-state index contributed by atoms with van der Waals surface area (Å²) in [6.07, 6.45) is 3.08. The Morgan fingerprint density at radius 2 is 1.90 bits per heavy atom. The molecule has 0 aliphatic rings. The highest BCUT2D eigenvalue weighted by Gasteiger charge is 2.28. The third-order valence-corrected chi connectivity index (χ3v) is 7.09. The third-order valence-electron chi connectivity index (χ3n) is 4.43. The first kappa shape index (κ1) is 19.4. The number of nitrogens with zero attached hydrogens (tertiary/aromatic N) is 3. The Labute approximate surface area is 173 Å². The normalized spacial score (nSPS) is 11.5. The lowest BCUT2D eigenvalue weighted by Crippen LogP contribution is -2.30. The number of anilines is 1. The van der Waals surface area contributed by atoms with Crippen molar-refractivity contribution < 1.29 is 12.8 Å². The topological polar surface area (TPSA) is 76.3 Å². The fraction of sp³-hybridized carbons (Fsp3) is 0.143. The summed E-state index contributed by atoms with van der Waals surface area (Å²) < 4.78 is 33.4. The molecular formula is C21H19N3O3S2. The van der Waals surface area contributed by atoms with Gasteiger partial charge in [0.1, 0.15) is 12.0 Å². The Morgan fingerprint density at radius 3 is 2.59 bits per heavy atom. The van der Waals surface area contributed by atoms with Crippen molar-refractivity contribution in [3.8, 4) is 11.5 Å². The van der Waals surface area contributed by atoms with Gasteiger partial charge in [-0.05, 0) is 37.6 Å². The average Bonchev–Trinajstić information content (AvgIpc) is 3.39. The van der Waals surface area contributed by atoms with E-state index in [-0.39, 0.29) is 11.4 Å². The van der Waals surface area contributed by atoms with Crippen molar-refractivity contribution in [2.45, 2.75) is 25.3 Å². The minimum atomic E-state index is -3.79. The van der Waals surface area contributed by atoms with E-state index in [4.69, 9.17) is 4.42 Å². The molecule has 0 spiro atoms. The number of benzene rings is 2. The third kappa shape index (κ3) is 3.94. The van der Waals surface area contributed by atoms with Crippen LogP contribution in [0.1, 0.15) is 16.8 Å². The zero-order valence-corrected chi connectivity index (χ0v) is 17.6. The Bertz CT molecular complexity index is 1220. The first-order valence-corrected chi connectivity index (χ1v) is 11.3. The summed E-state index contributed by atoms with van der Waals surface area (Å²) in [6, 6.07) is 14.3. The van der Waals surface area contributed by atoms with E-state index in [0.717, 1.165) is 16.7 Å². The number of sulfonamides is 1. The number of hydrogen-bond donors (Lipinski definition) is 0. The van der Waals surface area contributed by atoms with Crippen LogP contribution in [0.15, 0.2) is 75.7 Å². The van der Waals surface area contributed by atoms with Gasteiger partial charge in [0.25, 0.3) is 10.0 Å². The van der Waals surface area contributed by atoms with Crippen molar-refractivity contribution in [1.82, 2.24) is 9.97 Å². The Balaban J connectivity index is 1.69. The minimum absolute atomic E-state index is 0.0269. The first-order valence-electron chi connectivity index (χ1n) is 8.94. The maximum atomic E-state index is 13.2. The van der Waals surface area contributed by atoms with Gasteiger partial charge in [0.15, 0.2) is 5.13 Å². The van der Waals surface area contributed by atoms with E-state index in [2.05, 4.69) is 16.0 Å². The number of hydrogen-bond acceptors (Lipinski definition) is 6. The molecule has 29 heavy (non-hydrogen) atoms. The lowest BCUT2D eigenvalue weighted by Gasteiger charge is -2.20. The molecular weight excluding hydrogens is 406 g/mol. The van der Waals surface area contributed by atoms with Crippen LogP contribution in [0.25, 0.3) is 11.5 Å². The molecule has 6 nitrogen and oxygen atoms in total. The zero-order valence-electron chi connectivity index (χ0n) is 15.9.